The lowest BCUT2D eigenvalue weighted by Gasteiger charge is -2.16. The van der Waals surface area contributed by atoms with Crippen molar-refractivity contribution in [2.45, 2.75) is 30.7 Å². The van der Waals surface area contributed by atoms with Crippen molar-refractivity contribution < 1.29 is 9.00 Å². The van der Waals surface area contributed by atoms with Crippen molar-refractivity contribution in [1.82, 2.24) is 10.3 Å². The molecule has 0 spiro atoms. The summed E-state index contributed by atoms with van der Waals surface area (Å²) in [6, 6.07) is 26.8. The van der Waals surface area contributed by atoms with Crippen LogP contribution in [0, 0.1) is 0 Å². The molecule has 0 aliphatic heterocycles. The second-order valence-corrected chi connectivity index (χ2v) is 9.05. The topological polar surface area (TPSA) is 59.1 Å². The summed E-state index contributed by atoms with van der Waals surface area (Å²) in [5.74, 6) is -0.255. The SMILES string of the molecule is C1CC1.CS(=O)c1c(-c2ccccc2)nc2ccccc2c1C(=O)NCc1ccccc1. The van der Waals surface area contributed by atoms with Crippen LogP contribution in [0.25, 0.3) is 22.2 Å². The molecule has 5 heteroatoms. The molecule has 1 aliphatic rings. The number of hydrogen-bond donors (Lipinski definition) is 1. The average Bonchev–Trinajstić information content (AvgIpc) is 3.72. The molecule has 1 aromatic heterocycles. The first-order valence-electron chi connectivity index (χ1n) is 10.8. The highest BCUT2D eigenvalue weighted by Gasteiger charge is 2.23. The molecular formula is C27H26N2O2S. The van der Waals surface area contributed by atoms with Gasteiger partial charge in [0, 0.05) is 23.8 Å². The van der Waals surface area contributed by atoms with Crippen LogP contribution >= 0.6 is 0 Å². The molecular weight excluding hydrogens is 416 g/mol. The third-order valence-corrected chi connectivity index (χ3v) is 6.03. The van der Waals surface area contributed by atoms with Crippen LogP contribution < -0.4 is 5.32 Å². The Morgan fingerprint density at radius 2 is 1.47 bits per heavy atom. The van der Waals surface area contributed by atoms with Crippen molar-refractivity contribution >= 4 is 27.6 Å². The summed E-state index contributed by atoms with van der Waals surface area (Å²) >= 11 is 0. The number of amides is 1. The first kappa shape index (κ1) is 21.9. The Hall–Kier alpha value is -3.31. The fourth-order valence-corrected chi connectivity index (χ4v) is 4.28. The lowest BCUT2D eigenvalue weighted by Crippen LogP contribution is -2.25. The smallest absolute Gasteiger partial charge is 0.253 e. The van der Waals surface area contributed by atoms with Gasteiger partial charge in [-0.2, -0.15) is 0 Å². The zero-order valence-corrected chi connectivity index (χ0v) is 18.9. The van der Waals surface area contributed by atoms with Crippen molar-refractivity contribution in [1.29, 1.82) is 0 Å². The van der Waals surface area contributed by atoms with E-state index in [0.717, 1.165) is 11.1 Å². The number of carbonyl (C=O) groups is 1. The quantitative estimate of drug-likeness (QED) is 0.429. The molecule has 5 rings (SSSR count). The summed E-state index contributed by atoms with van der Waals surface area (Å²) in [4.78, 5) is 18.5. The fraction of sp³-hybridized carbons (Fsp3) is 0.185. The van der Waals surface area contributed by atoms with Gasteiger partial charge >= 0.3 is 0 Å². The highest BCUT2D eigenvalue weighted by molar-refractivity contribution is 7.84. The van der Waals surface area contributed by atoms with Crippen LogP contribution in [-0.4, -0.2) is 21.4 Å². The molecule has 1 saturated carbocycles. The molecule has 1 fully saturated rings. The summed E-state index contributed by atoms with van der Waals surface area (Å²) in [5, 5.41) is 3.68. The van der Waals surface area contributed by atoms with Crippen molar-refractivity contribution in [3.8, 4) is 11.3 Å². The molecule has 162 valence electrons. The first-order chi connectivity index (χ1) is 15.6. The van der Waals surface area contributed by atoms with Crippen LogP contribution in [0.5, 0.6) is 0 Å². The third kappa shape index (κ3) is 5.29. The summed E-state index contributed by atoms with van der Waals surface area (Å²) in [7, 11) is -1.40. The van der Waals surface area contributed by atoms with Gasteiger partial charge in [0.2, 0.25) is 0 Å². The third-order valence-electron chi connectivity index (χ3n) is 5.06. The molecule has 1 aliphatic carbocycles. The lowest BCUT2D eigenvalue weighted by atomic mass is 10.0. The number of hydrogen-bond acceptors (Lipinski definition) is 3. The number of fused-ring (bicyclic) bond motifs is 1. The molecule has 1 amide bonds. The van der Waals surface area contributed by atoms with E-state index in [1.807, 2.05) is 84.9 Å². The average molecular weight is 443 g/mol. The van der Waals surface area contributed by atoms with Gasteiger partial charge in [0.1, 0.15) is 0 Å². The lowest BCUT2D eigenvalue weighted by molar-refractivity contribution is 0.0949. The number of benzene rings is 3. The van der Waals surface area contributed by atoms with Gasteiger partial charge in [-0.05, 0) is 11.6 Å². The molecule has 0 saturated heterocycles. The van der Waals surface area contributed by atoms with Crippen LogP contribution in [0.2, 0.25) is 0 Å². The monoisotopic (exact) mass is 442 g/mol. The minimum absolute atomic E-state index is 0.255. The molecule has 1 heterocycles. The van der Waals surface area contributed by atoms with Gasteiger partial charge in [0.15, 0.2) is 0 Å². The van der Waals surface area contributed by atoms with Crippen molar-refractivity contribution in [2.75, 3.05) is 6.26 Å². The summed E-state index contributed by atoms with van der Waals surface area (Å²) in [5.41, 5.74) is 3.54. The number of nitrogens with zero attached hydrogens (tertiary/aromatic N) is 1. The molecule has 1 unspecified atom stereocenters. The molecule has 1 atom stereocenters. The second-order valence-electron chi connectivity index (χ2n) is 7.73. The van der Waals surface area contributed by atoms with E-state index >= 15 is 0 Å². The van der Waals surface area contributed by atoms with Gasteiger partial charge in [0.25, 0.3) is 5.91 Å². The Bertz CT molecular complexity index is 1240. The molecule has 0 bridgehead atoms. The van der Waals surface area contributed by atoms with Crippen LogP contribution in [-0.2, 0) is 17.3 Å². The Balaban J connectivity index is 0.000000754. The molecule has 4 nitrogen and oxygen atoms in total. The highest BCUT2D eigenvalue weighted by atomic mass is 32.2. The number of aromatic nitrogens is 1. The van der Waals surface area contributed by atoms with E-state index in [1.165, 1.54) is 19.3 Å². The zero-order valence-electron chi connectivity index (χ0n) is 18.1. The van der Waals surface area contributed by atoms with E-state index in [4.69, 9.17) is 4.98 Å². The Labute approximate surface area is 191 Å². The van der Waals surface area contributed by atoms with Crippen molar-refractivity contribution in [2.24, 2.45) is 0 Å². The minimum Gasteiger partial charge on any atom is -0.348 e. The number of nitrogens with one attached hydrogen (secondary N) is 1. The normalized spacial score (nSPS) is 13.0. The largest absolute Gasteiger partial charge is 0.348 e. The van der Waals surface area contributed by atoms with Crippen molar-refractivity contribution in [3.63, 3.8) is 0 Å². The fourth-order valence-electron chi connectivity index (χ4n) is 3.36. The second kappa shape index (κ2) is 10.3. The maximum absolute atomic E-state index is 13.3. The van der Waals surface area contributed by atoms with Crippen LogP contribution in [0.15, 0.2) is 89.8 Å². The molecule has 3 aromatic carbocycles. The Kier molecular flexibility index (Phi) is 7.07. The number of para-hydroxylation sites is 1. The van der Waals surface area contributed by atoms with Gasteiger partial charge < -0.3 is 5.32 Å². The molecule has 0 radical (unpaired) electrons. The van der Waals surface area contributed by atoms with Gasteiger partial charge in [-0.1, -0.05) is 98.1 Å². The van der Waals surface area contributed by atoms with Crippen molar-refractivity contribution in [3.05, 3.63) is 96.1 Å². The van der Waals surface area contributed by atoms with Gasteiger partial charge in [0.05, 0.1) is 32.5 Å². The summed E-state index contributed by atoms with van der Waals surface area (Å²) in [6.07, 6.45) is 6.09. The molecule has 32 heavy (non-hydrogen) atoms. The van der Waals surface area contributed by atoms with E-state index in [-0.39, 0.29) is 5.91 Å². The van der Waals surface area contributed by atoms with E-state index in [9.17, 15) is 9.00 Å². The van der Waals surface area contributed by atoms with Crippen LogP contribution in [0.1, 0.15) is 35.2 Å². The van der Waals surface area contributed by atoms with E-state index < -0.39 is 10.8 Å². The first-order valence-corrected chi connectivity index (χ1v) is 12.3. The number of rotatable bonds is 5. The summed E-state index contributed by atoms with van der Waals surface area (Å²) in [6.45, 7) is 0.396. The van der Waals surface area contributed by atoms with Gasteiger partial charge in [-0.15, -0.1) is 0 Å². The molecule has 4 aromatic rings. The zero-order chi connectivity index (χ0) is 22.3. The van der Waals surface area contributed by atoms with E-state index in [2.05, 4.69) is 5.32 Å². The van der Waals surface area contributed by atoms with Crippen LogP contribution in [0.4, 0.5) is 0 Å². The Morgan fingerprint density at radius 1 is 0.875 bits per heavy atom. The maximum Gasteiger partial charge on any atom is 0.253 e. The number of carbonyl (C=O) groups excluding carboxylic acids is 1. The van der Waals surface area contributed by atoms with E-state index in [1.54, 1.807) is 6.26 Å². The maximum atomic E-state index is 13.3. The van der Waals surface area contributed by atoms with Gasteiger partial charge in [-0.3, -0.25) is 9.00 Å². The predicted molar refractivity (Wildman–Crippen MR) is 131 cm³/mol. The standard InChI is InChI=1S/C24H20N2O2S.C3H6/c1-29(28)23-21(24(27)25-16-17-10-4-2-5-11-17)19-14-8-9-15-20(19)26-22(23)18-12-6-3-7-13-18;1-2-3-1/h2-15H,16H2,1H3,(H,25,27);1-3H2. The predicted octanol–water partition coefficient (Wildman–Crippen LogP) is 5.74. The number of pyridine rings is 1. The van der Waals surface area contributed by atoms with E-state index in [0.29, 0.717) is 33.6 Å². The summed E-state index contributed by atoms with van der Waals surface area (Å²) < 4.78 is 12.8. The van der Waals surface area contributed by atoms with Gasteiger partial charge in [-0.25, -0.2) is 4.98 Å². The highest BCUT2D eigenvalue weighted by Crippen LogP contribution is 2.32. The van der Waals surface area contributed by atoms with Crippen LogP contribution in [0.3, 0.4) is 0 Å². The minimum atomic E-state index is -1.40. The Morgan fingerprint density at radius 3 is 2.09 bits per heavy atom. The molecule has 1 N–H and O–H groups in total.